The molecule has 0 aliphatic rings. The monoisotopic (exact) mass is 218 g/mol. The van der Waals surface area contributed by atoms with Crippen LogP contribution >= 0.6 is 0 Å². The second-order valence-electron chi connectivity index (χ2n) is 4.17. The lowest BCUT2D eigenvalue weighted by atomic mass is 10.2. The van der Waals surface area contributed by atoms with E-state index in [9.17, 15) is 0 Å². The van der Waals surface area contributed by atoms with Gasteiger partial charge in [-0.1, -0.05) is 0 Å². The molecule has 0 atom stereocenters. The largest absolute Gasteiger partial charge is 0.352 e. The molecule has 0 saturated carbocycles. The fourth-order valence-corrected chi connectivity index (χ4v) is 1.83. The van der Waals surface area contributed by atoms with E-state index in [1.165, 1.54) is 22.5 Å². The molecular formula is C12H18N4. The molecule has 86 valence electrons. The molecule has 2 heterocycles. The smallest absolute Gasteiger partial charge is 0.0532 e. The predicted molar refractivity (Wildman–Crippen MR) is 64.0 cm³/mol. The third-order valence-electron chi connectivity index (χ3n) is 3.08. The fraction of sp³-hybridized carbons (Fsp3) is 0.417. The van der Waals surface area contributed by atoms with Gasteiger partial charge < -0.3 is 9.88 Å². The molecule has 4 nitrogen and oxygen atoms in total. The molecule has 0 amide bonds. The molecule has 2 aromatic heterocycles. The molecule has 0 bridgehead atoms. The van der Waals surface area contributed by atoms with Crippen LogP contribution in [0, 0.1) is 13.8 Å². The van der Waals surface area contributed by atoms with E-state index in [0.717, 1.165) is 13.1 Å². The van der Waals surface area contributed by atoms with E-state index in [1.54, 1.807) is 0 Å². The van der Waals surface area contributed by atoms with Crippen molar-refractivity contribution in [3.63, 3.8) is 0 Å². The first-order valence-electron chi connectivity index (χ1n) is 5.48. The van der Waals surface area contributed by atoms with E-state index in [1.807, 2.05) is 12.4 Å². The van der Waals surface area contributed by atoms with Crippen molar-refractivity contribution in [2.24, 2.45) is 7.05 Å². The van der Waals surface area contributed by atoms with Crippen LogP contribution in [0.25, 0.3) is 0 Å². The summed E-state index contributed by atoms with van der Waals surface area (Å²) in [5.41, 5.74) is 5.18. The number of aryl methyl sites for hydroxylation is 1. The van der Waals surface area contributed by atoms with E-state index in [0.29, 0.717) is 0 Å². The van der Waals surface area contributed by atoms with E-state index < -0.39 is 0 Å². The summed E-state index contributed by atoms with van der Waals surface area (Å²) in [6.07, 6.45) is 3.76. The van der Waals surface area contributed by atoms with Gasteiger partial charge in [0.2, 0.25) is 0 Å². The maximum atomic E-state index is 3.91. The zero-order chi connectivity index (χ0) is 11.5. The van der Waals surface area contributed by atoms with Crippen LogP contribution in [0.5, 0.6) is 0 Å². The van der Waals surface area contributed by atoms with Crippen LogP contribution < -0.4 is 5.32 Å². The SMILES string of the molecule is Cc1cc(CNCc2cn[nH]c2)c(C)n1C. The van der Waals surface area contributed by atoms with Crippen molar-refractivity contribution in [1.82, 2.24) is 20.1 Å². The molecule has 0 saturated heterocycles. The quantitative estimate of drug-likeness (QED) is 0.819. The number of aromatic nitrogens is 3. The number of hydrogen-bond acceptors (Lipinski definition) is 2. The van der Waals surface area contributed by atoms with Crippen LogP contribution in [0.3, 0.4) is 0 Å². The normalized spacial score (nSPS) is 10.9. The van der Waals surface area contributed by atoms with E-state index >= 15 is 0 Å². The highest BCUT2D eigenvalue weighted by atomic mass is 15.1. The number of nitrogens with zero attached hydrogens (tertiary/aromatic N) is 2. The summed E-state index contributed by atoms with van der Waals surface area (Å²) in [7, 11) is 2.10. The average molecular weight is 218 g/mol. The Morgan fingerprint density at radius 1 is 1.38 bits per heavy atom. The Kier molecular flexibility index (Phi) is 3.10. The average Bonchev–Trinajstić information content (AvgIpc) is 2.85. The Labute approximate surface area is 95.7 Å². The van der Waals surface area contributed by atoms with Crippen LogP contribution in [0.15, 0.2) is 18.5 Å². The van der Waals surface area contributed by atoms with Gasteiger partial charge in [0.1, 0.15) is 0 Å². The van der Waals surface area contributed by atoms with E-state index in [2.05, 4.69) is 47.0 Å². The van der Waals surface area contributed by atoms with Gasteiger partial charge in [-0.15, -0.1) is 0 Å². The lowest BCUT2D eigenvalue weighted by Gasteiger charge is -2.04. The van der Waals surface area contributed by atoms with Gasteiger partial charge in [-0.3, -0.25) is 5.10 Å². The molecule has 0 fully saturated rings. The predicted octanol–water partition coefficient (Wildman–Crippen LogP) is 1.65. The summed E-state index contributed by atoms with van der Waals surface area (Å²) in [5, 5.41) is 10.1. The van der Waals surface area contributed by atoms with Crippen LogP contribution in [-0.2, 0) is 20.1 Å². The van der Waals surface area contributed by atoms with E-state index in [4.69, 9.17) is 0 Å². The van der Waals surface area contributed by atoms with Gasteiger partial charge in [-0.2, -0.15) is 5.10 Å². The Hall–Kier alpha value is -1.55. The van der Waals surface area contributed by atoms with Crippen LogP contribution in [0.4, 0.5) is 0 Å². The minimum atomic E-state index is 0.851. The molecule has 0 aromatic carbocycles. The fourth-order valence-electron chi connectivity index (χ4n) is 1.83. The standard InChI is InChI=1S/C12H18N4/c1-9-4-12(10(2)16(9)3)8-13-5-11-6-14-15-7-11/h4,6-7,13H,5,8H2,1-3H3,(H,14,15). The number of aromatic amines is 1. The molecule has 2 rings (SSSR count). The zero-order valence-corrected chi connectivity index (χ0v) is 10.0. The lowest BCUT2D eigenvalue weighted by Crippen LogP contribution is -2.12. The summed E-state index contributed by atoms with van der Waals surface area (Å²) < 4.78 is 2.22. The van der Waals surface area contributed by atoms with Gasteiger partial charge in [0.15, 0.2) is 0 Å². The van der Waals surface area contributed by atoms with Gasteiger partial charge >= 0.3 is 0 Å². The minimum Gasteiger partial charge on any atom is -0.352 e. The summed E-state index contributed by atoms with van der Waals surface area (Å²) in [4.78, 5) is 0. The van der Waals surface area contributed by atoms with Crippen molar-refractivity contribution in [3.05, 3.63) is 41.0 Å². The van der Waals surface area contributed by atoms with Gasteiger partial charge in [-0.25, -0.2) is 0 Å². The molecule has 16 heavy (non-hydrogen) atoms. The number of rotatable bonds is 4. The maximum absolute atomic E-state index is 3.91. The summed E-state index contributed by atoms with van der Waals surface area (Å²) in [6, 6.07) is 2.23. The maximum Gasteiger partial charge on any atom is 0.0532 e. The van der Waals surface area contributed by atoms with E-state index in [-0.39, 0.29) is 0 Å². The second-order valence-corrected chi connectivity index (χ2v) is 4.17. The number of nitrogens with one attached hydrogen (secondary N) is 2. The highest BCUT2D eigenvalue weighted by Gasteiger charge is 2.05. The molecular weight excluding hydrogens is 200 g/mol. The molecule has 0 aliphatic carbocycles. The number of H-pyrrole nitrogens is 1. The van der Waals surface area contributed by atoms with Crippen molar-refractivity contribution < 1.29 is 0 Å². The first kappa shape index (κ1) is 11.0. The Morgan fingerprint density at radius 3 is 2.75 bits per heavy atom. The summed E-state index contributed by atoms with van der Waals surface area (Å²) in [6.45, 7) is 6.04. The van der Waals surface area contributed by atoms with Gasteiger partial charge in [0.25, 0.3) is 0 Å². The summed E-state index contributed by atoms with van der Waals surface area (Å²) >= 11 is 0. The van der Waals surface area contributed by atoms with Crippen molar-refractivity contribution in [1.29, 1.82) is 0 Å². The van der Waals surface area contributed by atoms with Gasteiger partial charge in [0.05, 0.1) is 6.20 Å². The first-order chi connectivity index (χ1) is 7.68. The van der Waals surface area contributed by atoms with Gasteiger partial charge in [0, 0.05) is 43.3 Å². The molecule has 0 spiro atoms. The van der Waals surface area contributed by atoms with Crippen LogP contribution in [0.1, 0.15) is 22.5 Å². The number of hydrogen-bond donors (Lipinski definition) is 2. The van der Waals surface area contributed by atoms with Gasteiger partial charge in [-0.05, 0) is 25.5 Å². The minimum absolute atomic E-state index is 0.851. The van der Waals surface area contributed by atoms with Crippen LogP contribution in [-0.4, -0.2) is 14.8 Å². The van der Waals surface area contributed by atoms with Crippen LogP contribution in [0.2, 0.25) is 0 Å². The molecule has 0 aliphatic heterocycles. The van der Waals surface area contributed by atoms with Crippen molar-refractivity contribution in [3.8, 4) is 0 Å². The first-order valence-corrected chi connectivity index (χ1v) is 5.48. The third kappa shape index (κ3) is 2.17. The Bertz CT molecular complexity index is 454. The molecule has 2 N–H and O–H groups in total. The molecule has 2 aromatic rings. The Balaban J connectivity index is 1.92. The third-order valence-corrected chi connectivity index (χ3v) is 3.08. The molecule has 0 unspecified atom stereocenters. The highest BCUT2D eigenvalue weighted by Crippen LogP contribution is 2.12. The topological polar surface area (TPSA) is 45.6 Å². The summed E-state index contributed by atoms with van der Waals surface area (Å²) in [5.74, 6) is 0. The second kappa shape index (κ2) is 4.53. The van der Waals surface area contributed by atoms with Crippen molar-refractivity contribution >= 4 is 0 Å². The molecule has 0 radical (unpaired) electrons. The Morgan fingerprint density at radius 2 is 2.19 bits per heavy atom. The molecule has 4 heteroatoms. The van der Waals surface area contributed by atoms with Crippen molar-refractivity contribution in [2.75, 3.05) is 0 Å². The lowest BCUT2D eigenvalue weighted by molar-refractivity contribution is 0.687. The zero-order valence-electron chi connectivity index (χ0n) is 10.0. The van der Waals surface area contributed by atoms with Crippen molar-refractivity contribution in [2.45, 2.75) is 26.9 Å². The highest BCUT2D eigenvalue weighted by molar-refractivity contribution is 5.26.